The lowest BCUT2D eigenvalue weighted by atomic mass is 10.1. The average molecular weight is 320 g/mol. The number of rotatable bonds is 2. The van der Waals surface area contributed by atoms with Gasteiger partial charge >= 0.3 is 12.3 Å². The van der Waals surface area contributed by atoms with Crippen LogP contribution in [0.4, 0.5) is 29.3 Å². The van der Waals surface area contributed by atoms with E-state index in [1.165, 1.54) is 0 Å². The van der Waals surface area contributed by atoms with Crippen LogP contribution in [0.1, 0.15) is 31.9 Å². The maximum atomic E-state index is 12.9. The first-order valence-corrected chi connectivity index (χ1v) is 6.17. The number of hydrogen-bond donors (Lipinski definition) is 1. The molecule has 0 atom stereocenters. The summed E-state index contributed by atoms with van der Waals surface area (Å²) < 4.78 is 43.4. The molecular weight excluding hydrogens is 305 g/mol. The number of aryl methyl sites for hydroxylation is 1. The van der Waals surface area contributed by atoms with Crippen LogP contribution in [0.15, 0.2) is 12.1 Å². The van der Waals surface area contributed by atoms with E-state index in [1.807, 2.05) is 5.32 Å². The molecule has 22 heavy (non-hydrogen) atoms. The van der Waals surface area contributed by atoms with E-state index >= 15 is 0 Å². The molecule has 0 saturated heterocycles. The number of ether oxygens (including phenoxy) is 1. The summed E-state index contributed by atoms with van der Waals surface area (Å²) in [4.78, 5) is 21.7. The van der Waals surface area contributed by atoms with Crippen LogP contribution in [0.2, 0.25) is 0 Å². The number of nitro groups is 1. The lowest BCUT2D eigenvalue weighted by Crippen LogP contribution is -2.27. The van der Waals surface area contributed by atoms with Crippen molar-refractivity contribution in [2.24, 2.45) is 0 Å². The molecule has 0 unspecified atom stereocenters. The van der Waals surface area contributed by atoms with E-state index in [0.717, 1.165) is 13.0 Å². The van der Waals surface area contributed by atoms with Gasteiger partial charge in [-0.3, -0.25) is 15.4 Å². The number of carbonyl (C=O) groups excluding carboxylic acids is 1. The third kappa shape index (κ3) is 4.61. The van der Waals surface area contributed by atoms with Gasteiger partial charge in [0.05, 0.1) is 10.5 Å². The summed E-state index contributed by atoms with van der Waals surface area (Å²) in [6.07, 6.45) is -5.77. The first-order chi connectivity index (χ1) is 9.81. The van der Waals surface area contributed by atoms with Crippen molar-refractivity contribution in [3.8, 4) is 0 Å². The van der Waals surface area contributed by atoms with Crippen LogP contribution in [-0.4, -0.2) is 16.6 Å². The molecule has 1 rings (SSSR count). The van der Waals surface area contributed by atoms with Crippen LogP contribution >= 0.6 is 0 Å². The molecule has 0 aliphatic rings. The maximum Gasteiger partial charge on any atom is 0.416 e. The molecule has 122 valence electrons. The number of nitrogens with one attached hydrogen (secondary N) is 1. The van der Waals surface area contributed by atoms with Gasteiger partial charge in [-0.2, -0.15) is 13.2 Å². The minimum absolute atomic E-state index is 0.311. The smallest absolute Gasteiger partial charge is 0.416 e. The van der Waals surface area contributed by atoms with Crippen molar-refractivity contribution in [2.75, 3.05) is 5.32 Å². The van der Waals surface area contributed by atoms with Crippen LogP contribution in [0.5, 0.6) is 0 Å². The molecule has 0 aromatic heterocycles. The third-order valence-corrected chi connectivity index (χ3v) is 2.48. The molecule has 1 amide bonds. The Kier molecular flexibility index (Phi) is 4.69. The van der Waals surface area contributed by atoms with Gasteiger partial charge in [-0.25, -0.2) is 4.79 Å². The summed E-state index contributed by atoms with van der Waals surface area (Å²) in [5.41, 5.74) is -3.48. The highest BCUT2D eigenvalue weighted by Gasteiger charge is 2.35. The van der Waals surface area contributed by atoms with Gasteiger partial charge in [-0.05, 0) is 39.3 Å². The van der Waals surface area contributed by atoms with Crippen LogP contribution in [0.3, 0.4) is 0 Å². The van der Waals surface area contributed by atoms with Gasteiger partial charge in [0.15, 0.2) is 0 Å². The summed E-state index contributed by atoms with van der Waals surface area (Å²) in [5, 5.41) is 12.9. The van der Waals surface area contributed by atoms with E-state index in [9.17, 15) is 28.1 Å². The molecular formula is C13H15F3N2O4. The van der Waals surface area contributed by atoms with Crippen molar-refractivity contribution in [1.29, 1.82) is 0 Å². The first-order valence-electron chi connectivity index (χ1n) is 6.17. The molecule has 0 aliphatic carbocycles. The molecule has 0 heterocycles. The molecule has 1 aromatic rings. The van der Waals surface area contributed by atoms with Crippen molar-refractivity contribution >= 4 is 17.5 Å². The minimum atomic E-state index is -4.69. The predicted octanol–water partition coefficient (Wildman–Crippen LogP) is 4.27. The van der Waals surface area contributed by atoms with Gasteiger partial charge in [-0.15, -0.1) is 0 Å². The standard InChI is InChI=1S/C13H15F3N2O4/c1-7-5-10(18(20)21)9(6-8(7)13(14,15)16)17-11(19)22-12(2,3)4/h5-6H,1-4H3,(H,17,19). The van der Waals surface area contributed by atoms with E-state index in [0.29, 0.717) is 6.07 Å². The van der Waals surface area contributed by atoms with Crippen LogP contribution in [0, 0.1) is 17.0 Å². The number of anilines is 1. The fraction of sp³-hybridized carbons (Fsp3) is 0.462. The number of amides is 1. The minimum Gasteiger partial charge on any atom is -0.444 e. The van der Waals surface area contributed by atoms with E-state index in [2.05, 4.69) is 0 Å². The molecule has 1 N–H and O–H groups in total. The number of benzene rings is 1. The largest absolute Gasteiger partial charge is 0.444 e. The lowest BCUT2D eigenvalue weighted by Gasteiger charge is -2.20. The van der Waals surface area contributed by atoms with Gasteiger partial charge in [0.2, 0.25) is 0 Å². The van der Waals surface area contributed by atoms with Gasteiger partial charge in [-0.1, -0.05) is 0 Å². The number of hydrogen-bond acceptors (Lipinski definition) is 4. The Morgan fingerprint density at radius 3 is 2.23 bits per heavy atom. The van der Waals surface area contributed by atoms with E-state index < -0.39 is 39.7 Å². The highest BCUT2D eigenvalue weighted by Crippen LogP contribution is 2.37. The monoisotopic (exact) mass is 320 g/mol. The number of nitro benzene ring substituents is 1. The van der Waals surface area contributed by atoms with Crippen molar-refractivity contribution < 1.29 is 27.6 Å². The highest BCUT2D eigenvalue weighted by molar-refractivity contribution is 5.88. The molecule has 0 aliphatic heterocycles. The lowest BCUT2D eigenvalue weighted by molar-refractivity contribution is -0.384. The number of alkyl halides is 3. The normalized spacial score (nSPS) is 12.0. The fourth-order valence-electron chi connectivity index (χ4n) is 1.66. The summed E-state index contributed by atoms with van der Waals surface area (Å²) in [6, 6.07) is 1.28. The van der Waals surface area contributed by atoms with Crippen LogP contribution in [-0.2, 0) is 10.9 Å². The Morgan fingerprint density at radius 2 is 1.82 bits per heavy atom. The molecule has 1 aromatic carbocycles. The Morgan fingerprint density at radius 1 is 1.27 bits per heavy atom. The van der Waals surface area contributed by atoms with Crippen LogP contribution < -0.4 is 5.32 Å². The SMILES string of the molecule is Cc1cc([N+](=O)[O-])c(NC(=O)OC(C)(C)C)cc1C(F)(F)F. The van der Waals surface area contributed by atoms with Gasteiger partial charge in [0.25, 0.3) is 5.69 Å². The van der Waals surface area contributed by atoms with Crippen molar-refractivity contribution in [2.45, 2.75) is 39.5 Å². The Hall–Kier alpha value is -2.32. The van der Waals surface area contributed by atoms with Crippen molar-refractivity contribution in [3.63, 3.8) is 0 Å². The number of halogens is 3. The zero-order chi connectivity index (χ0) is 17.3. The Balaban J connectivity index is 3.26. The van der Waals surface area contributed by atoms with Crippen LogP contribution in [0.25, 0.3) is 0 Å². The maximum absolute atomic E-state index is 12.9. The second kappa shape index (κ2) is 5.82. The van der Waals surface area contributed by atoms with E-state index in [1.54, 1.807) is 20.8 Å². The second-order valence-electron chi connectivity index (χ2n) is 5.57. The summed E-state index contributed by atoms with van der Waals surface area (Å²) in [7, 11) is 0. The highest BCUT2D eigenvalue weighted by atomic mass is 19.4. The summed E-state index contributed by atoms with van der Waals surface area (Å²) in [6.45, 7) is 5.76. The second-order valence-corrected chi connectivity index (χ2v) is 5.57. The zero-order valence-corrected chi connectivity index (χ0v) is 12.4. The molecule has 0 saturated carbocycles. The Labute approximate surface area is 124 Å². The fourth-order valence-corrected chi connectivity index (χ4v) is 1.66. The molecule has 0 radical (unpaired) electrons. The van der Waals surface area contributed by atoms with Crippen molar-refractivity contribution in [1.82, 2.24) is 0 Å². The molecule has 0 bridgehead atoms. The Bertz CT molecular complexity index is 607. The predicted molar refractivity (Wildman–Crippen MR) is 72.7 cm³/mol. The topological polar surface area (TPSA) is 81.5 Å². The van der Waals surface area contributed by atoms with Gasteiger partial charge in [0.1, 0.15) is 11.3 Å². The van der Waals surface area contributed by atoms with Gasteiger partial charge < -0.3 is 4.74 Å². The average Bonchev–Trinajstić information content (AvgIpc) is 2.26. The van der Waals surface area contributed by atoms with E-state index in [-0.39, 0.29) is 5.56 Å². The molecule has 9 heteroatoms. The summed E-state index contributed by atoms with van der Waals surface area (Å²) in [5.74, 6) is 0. The zero-order valence-electron chi connectivity index (χ0n) is 12.4. The molecule has 0 spiro atoms. The van der Waals surface area contributed by atoms with Gasteiger partial charge in [0, 0.05) is 6.07 Å². The molecule has 0 fully saturated rings. The summed E-state index contributed by atoms with van der Waals surface area (Å²) >= 11 is 0. The third-order valence-electron chi connectivity index (χ3n) is 2.48. The number of carbonyl (C=O) groups is 1. The van der Waals surface area contributed by atoms with Crippen molar-refractivity contribution in [3.05, 3.63) is 33.4 Å². The molecule has 6 nitrogen and oxygen atoms in total. The van der Waals surface area contributed by atoms with E-state index in [4.69, 9.17) is 4.74 Å². The quantitative estimate of drug-likeness (QED) is 0.651. The number of nitrogens with zero attached hydrogens (tertiary/aromatic N) is 1. The first kappa shape index (κ1) is 17.7.